The summed E-state index contributed by atoms with van der Waals surface area (Å²) < 4.78 is 2.01. The molecule has 0 atom stereocenters. The first-order chi connectivity index (χ1) is 15.1. The minimum absolute atomic E-state index is 0.0368. The molecule has 6 heteroatoms. The molecule has 4 rings (SSSR count). The standard InChI is InChI=1S/C25H24N4OS/c1-18-8-12-20(13-9-18)16-26-23(30)17-31-25-28-27-24(21-6-4-3-5-7-21)29(25)22-14-10-19(2)11-15-22/h3-15H,16-17H2,1-2H3,(H,26,30). The van der Waals surface area contributed by atoms with Gasteiger partial charge in [-0.25, -0.2) is 0 Å². The van der Waals surface area contributed by atoms with Gasteiger partial charge in [-0.15, -0.1) is 10.2 Å². The van der Waals surface area contributed by atoms with E-state index in [2.05, 4.69) is 34.6 Å². The van der Waals surface area contributed by atoms with Crippen LogP contribution in [0.2, 0.25) is 0 Å². The zero-order chi connectivity index (χ0) is 21.6. The van der Waals surface area contributed by atoms with E-state index >= 15 is 0 Å². The van der Waals surface area contributed by atoms with Crippen molar-refractivity contribution in [3.05, 3.63) is 95.6 Å². The van der Waals surface area contributed by atoms with Crippen molar-refractivity contribution in [2.45, 2.75) is 25.5 Å². The second kappa shape index (κ2) is 9.62. The Labute approximate surface area is 186 Å². The molecule has 0 aliphatic rings. The molecule has 1 heterocycles. The summed E-state index contributed by atoms with van der Waals surface area (Å²) in [6.45, 7) is 4.62. The van der Waals surface area contributed by atoms with Crippen molar-refractivity contribution >= 4 is 17.7 Å². The number of rotatable bonds is 7. The Bertz CT molecular complexity index is 1150. The number of aromatic nitrogens is 3. The summed E-state index contributed by atoms with van der Waals surface area (Å²) in [4.78, 5) is 12.4. The minimum atomic E-state index is -0.0368. The molecular formula is C25H24N4OS. The van der Waals surface area contributed by atoms with Gasteiger partial charge in [-0.05, 0) is 31.5 Å². The predicted octanol–water partition coefficient (Wildman–Crippen LogP) is 4.96. The van der Waals surface area contributed by atoms with Crippen LogP contribution in [-0.4, -0.2) is 26.4 Å². The van der Waals surface area contributed by atoms with Gasteiger partial charge in [0, 0.05) is 17.8 Å². The average Bonchev–Trinajstić information content (AvgIpc) is 3.22. The van der Waals surface area contributed by atoms with Crippen molar-refractivity contribution in [2.75, 3.05) is 5.75 Å². The molecule has 1 N–H and O–H groups in total. The second-order valence-corrected chi connectivity index (χ2v) is 8.34. The SMILES string of the molecule is Cc1ccc(CNC(=O)CSc2nnc(-c3ccccc3)n2-c2ccc(C)cc2)cc1. The number of hydrogen-bond acceptors (Lipinski definition) is 4. The molecule has 0 aliphatic heterocycles. The Kier molecular flexibility index (Phi) is 6.48. The molecule has 0 spiro atoms. The van der Waals surface area contributed by atoms with Crippen LogP contribution in [0, 0.1) is 13.8 Å². The number of benzene rings is 3. The van der Waals surface area contributed by atoms with Crippen molar-refractivity contribution in [1.82, 2.24) is 20.1 Å². The van der Waals surface area contributed by atoms with E-state index in [-0.39, 0.29) is 11.7 Å². The van der Waals surface area contributed by atoms with Gasteiger partial charge in [0.05, 0.1) is 5.75 Å². The van der Waals surface area contributed by atoms with Gasteiger partial charge in [0.25, 0.3) is 0 Å². The molecule has 0 bridgehead atoms. The van der Waals surface area contributed by atoms with E-state index < -0.39 is 0 Å². The van der Waals surface area contributed by atoms with Crippen molar-refractivity contribution in [3.63, 3.8) is 0 Å². The highest BCUT2D eigenvalue weighted by Crippen LogP contribution is 2.28. The molecule has 0 saturated carbocycles. The largest absolute Gasteiger partial charge is 0.351 e. The van der Waals surface area contributed by atoms with Crippen molar-refractivity contribution in [1.29, 1.82) is 0 Å². The number of carbonyl (C=O) groups is 1. The zero-order valence-electron chi connectivity index (χ0n) is 17.6. The lowest BCUT2D eigenvalue weighted by Crippen LogP contribution is -2.24. The second-order valence-electron chi connectivity index (χ2n) is 7.39. The van der Waals surface area contributed by atoms with Crippen LogP contribution in [-0.2, 0) is 11.3 Å². The summed E-state index contributed by atoms with van der Waals surface area (Å²) in [5, 5.41) is 12.5. The number of hydrogen-bond donors (Lipinski definition) is 1. The molecule has 0 saturated heterocycles. The molecular weight excluding hydrogens is 404 g/mol. The van der Waals surface area contributed by atoms with Crippen LogP contribution < -0.4 is 5.32 Å². The summed E-state index contributed by atoms with van der Waals surface area (Å²) in [6, 6.07) is 26.3. The zero-order valence-corrected chi connectivity index (χ0v) is 18.4. The van der Waals surface area contributed by atoms with Gasteiger partial charge < -0.3 is 5.32 Å². The van der Waals surface area contributed by atoms with E-state index in [1.165, 1.54) is 22.9 Å². The third kappa shape index (κ3) is 5.22. The normalized spacial score (nSPS) is 10.8. The maximum atomic E-state index is 12.4. The van der Waals surface area contributed by atoms with Crippen LogP contribution in [0.15, 0.2) is 84.0 Å². The smallest absolute Gasteiger partial charge is 0.230 e. The molecule has 1 aromatic heterocycles. The van der Waals surface area contributed by atoms with Gasteiger partial charge in [0.1, 0.15) is 0 Å². The monoisotopic (exact) mass is 428 g/mol. The summed E-state index contributed by atoms with van der Waals surface area (Å²) in [5.74, 6) is 0.988. The molecule has 0 unspecified atom stereocenters. The van der Waals surface area contributed by atoms with Gasteiger partial charge in [-0.1, -0.05) is 89.6 Å². The highest BCUT2D eigenvalue weighted by atomic mass is 32.2. The summed E-state index contributed by atoms with van der Waals surface area (Å²) in [5.41, 5.74) is 5.42. The van der Waals surface area contributed by atoms with Crippen LogP contribution in [0.1, 0.15) is 16.7 Å². The molecule has 3 aromatic carbocycles. The third-order valence-electron chi connectivity index (χ3n) is 4.90. The Balaban J connectivity index is 1.51. The first-order valence-corrected chi connectivity index (χ1v) is 11.1. The molecule has 4 aromatic rings. The van der Waals surface area contributed by atoms with Crippen LogP contribution >= 0.6 is 11.8 Å². The molecule has 0 fully saturated rings. The number of thioether (sulfide) groups is 1. The number of nitrogens with zero attached hydrogens (tertiary/aromatic N) is 3. The van der Waals surface area contributed by atoms with Crippen molar-refractivity contribution in [3.8, 4) is 17.1 Å². The maximum absolute atomic E-state index is 12.4. The lowest BCUT2D eigenvalue weighted by molar-refractivity contribution is -0.118. The van der Waals surface area contributed by atoms with Gasteiger partial charge >= 0.3 is 0 Å². The molecule has 156 valence electrons. The third-order valence-corrected chi connectivity index (χ3v) is 5.83. The van der Waals surface area contributed by atoms with Gasteiger partial charge in [-0.2, -0.15) is 0 Å². The molecule has 1 amide bonds. The fraction of sp³-hybridized carbons (Fsp3) is 0.160. The summed E-state index contributed by atoms with van der Waals surface area (Å²) in [7, 11) is 0. The van der Waals surface area contributed by atoms with E-state index in [1.54, 1.807) is 0 Å². The predicted molar refractivity (Wildman–Crippen MR) is 125 cm³/mol. The van der Waals surface area contributed by atoms with Crippen LogP contribution in [0.25, 0.3) is 17.1 Å². The fourth-order valence-corrected chi connectivity index (χ4v) is 3.93. The first-order valence-electron chi connectivity index (χ1n) is 10.1. The quantitative estimate of drug-likeness (QED) is 0.423. The Morgan fingerprint density at radius 1 is 0.871 bits per heavy atom. The lowest BCUT2D eigenvalue weighted by atomic mass is 10.1. The van der Waals surface area contributed by atoms with Crippen molar-refractivity contribution < 1.29 is 4.79 Å². The number of aryl methyl sites for hydroxylation is 2. The first kappa shape index (κ1) is 20.9. The Morgan fingerprint density at radius 2 is 1.52 bits per heavy atom. The lowest BCUT2D eigenvalue weighted by Gasteiger charge is -2.11. The Morgan fingerprint density at radius 3 is 2.19 bits per heavy atom. The van der Waals surface area contributed by atoms with Crippen LogP contribution in [0.4, 0.5) is 0 Å². The highest BCUT2D eigenvalue weighted by molar-refractivity contribution is 7.99. The fourth-order valence-electron chi connectivity index (χ4n) is 3.15. The van der Waals surface area contributed by atoms with E-state index in [0.29, 0.717) is 11.7 Å². The van der Waals surface area contributed by atoms with E-state index in [1.807, 2.05) is 78.2 Å². The maximum Gasteiger partial charge on any atom is 0.230 e. The topological polar surface area (TPSA) is 59.8 Å². The van der Waals surface area contributed by atoms with E-state index in [9.17, 15) is 4.79 Å². The number of amides is 1. The van der Waals surface area contributed by atoms with Crippen LogP contribution in [0.5, 0.6) is 0 Å². The van der Waals surface area contributed by atoms with Gasteiger partial charge in [0.2, 0.25) is 5.91 Å². The van der Waals surface area contributed by atoms with Crippen LogP contribution in [0.3, 0.4) is 0 Å². The summed E-state index contributed by atoms with van der Waals surface area (Å²) >= 11 is 1.38. The van der Waals surface area contributed by atoms with E-state index in [0.717, 1.165) is 22.6 Å². The molecule has 0 radical (unpaired) electrons. The highest BCUT2D eigenvalue weighted by Gasteiger charge is 2.17. The molecule has 31 heavy (non-hydrogen) atoms. The Hall–Kier alpha value is -3.38. The molecule has 0 aliphatic carbocycles. The molecule has 5 nitrogen and oxygen atoms in total. The number of nitrogens with one attached hydrogen (secondary N) is 1. The van der Waals surface area contributed by atoms with Crippen molar-refractivity contribution in [2.24, 2.45) is 0 Å². The minimum Gasteiger partial charge on any atom is -0.351 e. The summed E-state index contributed by atoms with van der Waals surface area (Å²) in [6.07, 6.45) is 0. The average molecular weight is 429 g/mol. The number of carbonyl (C=O) groups excluding carboxylic acids is 1. The van der Waals surface area contributed by atoms with E-state index in [4.69, 9.17) is 0 Å². The van der Waals surface area contributed by atoms with Gasteiger partial charge in [0.15, 0.2) is 11.0 Å². The van der Waals surface area contributed by atoms with Gasteiger partial charge in [-0.3, -0.25) is 9.36 Å².